The number of aromatic nitrogens is 2. The second-order valence-corrected chi connectivity index (χ2v) is 11.5. The first-order valence-corrected chi connectivity index (χ1v) is 12.9. The summed E-state index contributed by atoms with van der Waals surface area (Å²) >= 11 is 0. The number of furan rings is 1. The third-order valence-corrected chi connectivity index (χ3v) is 7.66. The fourth-order valence-electron chi connectivity index (χ4n) is 6.25. The van der Waals surface area contributed by atoms with Gasteiger partial charge in [0.25, 0.3) is 0 Å². The molecular weight excluding hydrogens is 452 g/mol. The molecule has 4 aromatic carbocycles. The molecule has 0 saturated carbocycles. The summed E-state index contributed by atoms with van der Waals surface area (Å²) in [6.45, 7) is 6.84. The molecule has 0 aliphatic rings. The van der Waals surface area contributed by atoms with E-state index in [0.29, 0.717) is 0 Å². The molecule has 0 spiro atoms. The molecule has 8 rings (SSSR count). The maximum Gasteiger partial charge on any atom is 0.145 e. The van der Waals surface area contributed by atoms with Crippen molar-refractivity contribution in [3.8, 4) is 11.3 Å². The summed E-state index contributed by atoms with van der Waals surface area (Å²) in [4.78, 5) is 4.76. The number of para-hydroxylation sites is 2. The Labute approximate surface area is 214 Å². The van der Waals surface area contributed by atoms with Crippen LogP contribution >= 0.6 is 0 Å². The number of pyridine rings is 1. The lowest BCUT2D eigenvalue weighted by atomic mass is 9.88. The van der Waals surface area contributed by atoms with Crippen molar-refractivity contribution in [3.63, 3.8) is 0 Å². The summed E-state index contributed by atoms with van der Waals surface area (Å²) in [7, 11) is 0. The quantitative estimate of drug-likeness (QED) is 0.248. The van der Waals surface area contributed by atoms with Crippen LogP contribution in [0.25, 0.3) is 71.3 Å². The Kier molecular flexibility index (Phi) is 3.99. The molecule has 0 aliphatic heterocycles. The van der Waals surface area contributed by atoms with Gasteiger partial charge in [0.1, 0.15) is 11.2 Å². The lowest BCUT2D eigenvalue weighted by molar-refractivity contribution is 0.411. The summed E-state index contributed by atoms with van der Waals surface area (Å²) in [5, 5.41) is 7.27. The van der Waals surface area contributed by atoms with Gasteiger partial charge in [-0.2, -0.15) is 0 Å². The largest absolute Gasteiger partial charge is 0.455 e. The first kappa shape index (κ1) is 20.8. The van der Waals surface area contributed by atoms with Crippen molar-refractivity contribution >= 4 is 60.0 Å². The lowest BCUT2D eigenvalue weighted by Gasteiger charge is -2.18. The van der Waals surface area contributed by atoms with Crippen LogP contribution in [0.4, 0.5) is 0 Å². The normalized spacial score (nSPS) is 12.8. The van der Waals surface area contributed by atoms with Gasteiger partial charge in [-0.15, -0.1) is 0 Å². The van der Waals surface area contributed by atoms with Crippen molar-refractivity contribution < 1.29 is 4.42 Å². The van der Waals surface area contributed by atoms with Crippen LogP contribution in [0, 0.1) is 5.41 Å². The van der Waals surface area contributed by atoms with E-state index in [4.69, 9.17) is 9.40 Å². The van der Waals surface area contributed by atoms with Crippen molar-refractivity contribution in [3.05, 3.63) is 96.7 Å². The van der Waals surface area contributed by atoms with Crippen molar-refractivity contribution in [1.29, 1.82) is 0 Å². The Morgan fingerprint density at radius 2 is 1.51 bits per heavy atom. The van der Waals surface area contributed by atoms with E-state index in [0.717, 1.165) is 34.2 Å². The highest BCUT2D eigenvalue weighted by Gasteiger charge is 2.23. The van der Waals surface area contributed by atoms with E-state index >= 15 is 0 Å². The van der Waals surface area contributed by atoms with Crippen LogP contribution in [0.2, 0.25) is 0 Å². The zero-order valence-electron chi connectivity index (χ0n) is 21.2. The summed E-state index contributed by atoms with van der Waals surface area (Å²) in [6.07, 6.45) is 2.97. The van der Waals surface area contributed by atoms with Crippen LogP contribution < -0.4 is 0 Å². The zero-order chi connectivity index (χ0) is 24.9. The van der Waals surface area contributed by atoms with E-state index in [2.05, 4.69) is 104 Å². The SMILES string of the molecule is CC(C)(C)Cc1ccnc(-c2ccc3c(c2)c2cc4c5ccccc5oc4c4c5ccccc5n3c24)c1. The van der Waals surface area contributed by atoms with Gasteiger partial charge in [0.2, 0.25) is 0 Å². The number of fused-ring (bicyclic) bond motifs is 10. The predicted molar refractivity (Wildman–Crippen MR) is 155 cm³/mol. The second kappa shape index (κ2) is 7.10. The molecule has 0 saturated heterocycles. The molecule has 0 amide bonds. The number of hydrogen-bond donors (Lipinski definition) is 0. The molecule has 0 radical (unpaired) electrons. The highest BCUT2D eigenvalue weighted by atomic mass is 16.3. The van der Waals surface area contributed by atoms with Gasteiger partial charge in [-0.1, -0.05) is 63.2 Å². The molecule has 0 fully saturated rings. The van der Waals surface area contributed by atoms with Crippen LogP contribution in [0.3, 0.4) is 0 Å². The van der Waals surface area contributed by atoms with Crippen molar-refractivity contribution in [2.75, 3.05) is 0 Å². The van der Waals surface area contributed by atoms with Crippen LogP contribution in [-0.4, -0.2) is 9.38 Å². The van der Waals surface area contributed by atoms with E-state index in [-0.39, 0.29) is 5.41 Å². The van der Waals surface area contributed by atoms with Crippen molar-refractivity contribution in [2.24, 2.45) is 5.41 Å². The van der Waals surface area contributed by atoms with Gasteiger partial charge in [0.05, 0.1) is 27.6 Å². The maximum absolute atomic E-state index is 6.49. The fourth-order valence-corrected chi connectivity index (χ4v) is 6.25. The molecule has 0 N–H and O–H groups in total. The van der Waals surface area contributed by atoms with E-state index < -0.39 is 0 Å². The molecule has 0 aliphatic carbocycles. The molecule has 4 heterocycles. The molecule has 3 heteroatoms. The van der Waals surface area contributed by atoms with Gasteiger partial charge in [-0.05, 0) is 59.9 Å². The minimum absolute atomic E-state index is 0.232. The van der Waals surface area contributed by atoms with Gasteiger partial charge >= 0.3 is 0 Å². The number of hydrogen-bond acceptors (Lipinski definition) is 2. The maximum atomic E-state index is 6.49. The highest BCUT2D eigenvalue weighted by molar-refractivity contribution is 6.32. The third-order valence-electron chi connectivity index (χ3n) is 7.66. The Morgan fingerprint density at radius 3 is 2.38 bits per heavy atom. The average Bonchev–Trinajstić information content (AvgIpc) is 3.53. The molecule has 178 valence electrons. The fraction of sp³-hybridized carbons (Fsp3) is 0.147. The van der Waals surface area contributed by atoms with Gasteiger partial charge in [0.15, 0.2) is 0 Å². The summed E-state index contributed by atoms with van der Waals surface area (Å²) < 4.78 is 8.90. The Morgan fingerprint density at radius 1 is 0.730 bits per heavy atom. The molecule has 4 aromatic heterocycles. The van der Waals surface area contributed by atoms with Crippen LogP contribution in [-0.2, 0) is 6.42 Å². The van der Waals surface area contributed by atoms with Gasteiger partial charge in [0, 0.05) is 38.7 Å². The minimum Gasteiger partial charge on any atom is -0.455 e. The summed E-state index contributed by atoms with van der Waals surface area (Å²) in [5.41, 5.74) is 9.29. The lowest BCUT2D eigenvalue weighted by Crippen LogP contribution is -2.09. The average molecular weight is 479 g/mol. The van der Waals surface area contributed by atoms with E-state index in [1.165, 1.54) is 49.0 Å². The van der Waals surface area contributed by atoms with E-state index in [9.17, 15) is 0 Å². The smallest absolute Gasteiger partial charge is 0.145 e. The third kappa shape index (κ3) is 2.91. The number of nitrogens with zero attached hydrogens (tertiary/aromatic N) is 2. The first-order chi connectivity index (χ1) is 18.0. The molecule has 0 unspecified atom stereocenters. The Balaban J connectivity index is 1.48. The van der Waals surface area contributed by atoms with Crippen LogP contribution in [0.1, 0.15) is 26.3 Å². The Bertz CT molecular complexity index is 2150. The number of rotatable bonds is 2. The van der Waals surface area contributed by atoms with Crippen LogP contribution in [0.5, 0.6) is 0 Å². The monoisotopic (exact) mass is 478 g/mol. The molecule has 8 aromatic rings. The molecule has 3 nitrogen and oxygen atoms in total. The molecule has 0 bridgehead atoms. The van der Waals surface area contributed by atoms with Gasteiger partial charge in [-0.25, -0.2) is 0 Å². The molecule has 0 atom stereocenters. The molecule has 37 heavy (non-hydrogen) atoms. The predicted octanol–water partition coefficient (Wildman–Crippen LogP) is 9.39. The molecular formula is C34H26N2O. The summed E-state index contributed by atoms with van der Waals surface area (Å²) in [5.74, 6) is 0. The minimum atomic E-state index is 0.232. The standard InChI is InChI=1S/C34H26N2O/c1-34(2,3)19-20-14-15-35-27(16-20)21-12-13-29-24(17-21)25-18-26-22-8-5-7-11-30(22)37-33(26)31-23-9-4-6-10-28(23)36(29)32(25)31/h4-18H,19H2,1-3H3. The number of benzene rings is 4. The van der Waals surface area contributed by atoms with E-state index in [1.54, 1.807) is 0 Å². The van der Waals surface area contributed by atoms with Crippen molar-refractivity contribution in [2.45, 2.75) is 27.2 Å². The van der Waals surface area contributed by atoms with E-state index in [1.807, 2.05) is 12.3 Å². The highest BCUT2D eigenvalue weighted by Crippen LogP contribution is 2.45. The first-order valence-electron chi connectivity index (χ1n) is 12.9. The zero-order valence-corrected chi connectivity index (χ0v) is 21.2. The topological polar surface area (TPSA) is 30.4 Å². The summed E-state index contributed by atoms with van der Waals surface area (Å²) in [6, 6.07) is 30.6. The second-order valence-electron chi connectivity index (χ2n) is 11.5. The van der Waals surface area contributed by atoms with Crippen molar-refractivity contribution in [1.82, 2.24) is 9.38 Å². The van der Waals surface area contributed by atoms with Crippen LogP contribution in [0.15, 0.2) is 95.5 Å². The van der Waals surface area contributed by atoms with Gasteiger partial charge < -0.3 is 8.82 Å². The van der Waals surface area contributed by atoms with Gasteiger partial charge in [-0.3, -0.25) is 4.98 Å². The Hall–Kier alpha value is -4.37.